The van der Waals surface area contributed by atoms with Crippen molar-refractivity contribution in [2.75, 3.05) is 5.32 Å². The molecule has 0 aromatic heterocycles. The number of amides is 1. The number of hydrogen-bond acceptors (Lipinski definition) is 6. The molecular formula is C17H17N3O5S. The topological polar surface area (TPSA) is 114 Å². The molecule has 2 aromatic rings. The van der Waals surface area contributed by atoms with Gasteiger partial charge in [-0.1, -0.05) is 0 Å². The SMILES string of the molecule is CC(C)Oc1ccc(C(=O)NC(=S)Nc2cc([N+](=O)[O-])ccc2O)cc1. The van der Waals surface area contributed by atoms with E-state index in [1.165, 1.54) is 6.07 Å². The summed E-state index contributed by atoms with van der Waals surface area (Å²) in [4.78, 5) is 22.4. The maximum atomic E-state index is 12.2. The number of phenolic OH excluding ortho intramolecular Hbond substituents is 1. The fourth-order valence-electron chi connectivity index (χ4n) is 2.02. The van der Waals surface area contributed by atoms with E-state index in [9.17, 15) is 20.0 Å². The number of phenols is 1. The van der Waals surface area contributed by atoms with Gasteiger partial charge in [-0.05, 0) is 56.4 Å². The van der Waals surface area contributed by atoms with Crippen molar-refractivity contribution >= 4 is 34.6 Å². The Labute approximate surface area is 154 Å². The number of non-ortho nitro benzene ring substituents is 1. The second-order valence-corrected chi connectivity index (χ2v) is 5.97. The molecule has 0 aliphatic heterocycles. The highest BCUT2D eigenvalue weighted by atomic mass is 32.1. The molecular weight excluding hydrogens is 358 g/mol. The highest BCUT2D eigenvalue weighted by Crippen LogP contribution is 2.27. The fourth-order valence-corrected chi connectivity index (χ4v) is 2.23. The Bertz CT molecular complexity index is 837. The molecule has 0 bridgehead atoms. The third kappa shape index (κ3) is 5.15. The first kappa shape index (κ1) is 19.1. The predicted molar refractivity (Wildman–Crippen MR) is 101 cm³/mol. The van der Waals surface area contributed by atoms with E-state index in [1.54, 1.807) is 24.3 Å². The van der Waals surface area contributed by atoms with Crippen LogP contribution in [0.25, 0.3) is 0 Å². The molecule has 0 heterocycles. The number of ether oxygens (including phenoxy) is 1. The van der Waals surface area contributed by atoms with Gasteiger partial charge in [0.15, 0.2) is 5.11 Å². The van der Waals surface area contributed by atoms with Gasteiger partial charge in [0.25, 0.3) is 11.6 Å². The largest absolute Gasteiger partial charge is 0.506 e. The molecule has 3 N–H and O–H groups in total. The molecule has 0 aliphatic carbocycles. The molecule has 0 aliphatic rings. The molecule has 26 heavy (non-hydrogen) atoms. The van der Waals surface area contributed by atoms with Crippen LogP contribution < -0.4 is 15.4 Å². The van der Waals surface area contributed by atoms with Crippen LogP contribution in [-0.4, -0.2) is 27.2 Å². The van der Waals surface area contributed by atoms with E-state index in [0.29, 0.717) is 11.3 Å². The number of nitro benzene ring substituents is 1. The first-order chi connectivity index (χ1) is 12.3. The second-order valence-electron chi connectivity index (χ2n) is 5.56. The summed E-state index contributed by atoms with van der Waals surface area (Å²) in [7, 11) is 0. The highest BCUT2D eigenvalue weighted by Gasteiger charge is 2.13. The minimum Gasteiger partial charge on any atom is -0.506 e. The fraction of sp³-hybridized carbons (Fsp3) is 0.176. The van der Waals surface area contributed by atoms with Gasteiger partial charge in [0.2, 0.25) is 0 Å². The summed E-state index contributed by atoms with van der Waals surface area (Å²) in [6.45, 7) is 3.79. The standard InChI is InChI=1S/C17H17N3O5S/c1-10(2)25-13-6-3-11(4-7-13)16(22)19-17(26)18-14-9-12(20(23)24)5-8-15(14)21/h3-10,21H,1-2H3,(H2,18,19,22,26). The minimum atomic E-state index is -0.604. The van der Waals surface area contributed by atoms with Gasteiger partial charge in [0.05, 0.1) is 16.7 Å². The number of benzene rings is 2. The first-order valence-electron chi connectivity index (χ1n) is 7.62. The van der Waals surface area contributed by atoms with Crippen LogP contribution in [0.1, 0.15) is 24.2 Å². The molecule has 0 atom stereocenters. The first-order valence-corrected chi connectivity index (χ1v) is 8.03. The van der Waals surface area contributed by atoms with E-state index < -0.39 is 10.8 Å². The van der Waals surface area contributed by atoms with E-state index in [2.05, 4.69) is 10.6 Å². The average molecular weight is 375 g/mol. The van der Waals surface area contributed by atoms with Crippen LogP contribution in [0.2, 0.25) is 0 Å². The highest BCUT2D eigenvalue weighted by molar-refractivity contribution is 7.80. The van der Waals surface area contributed by atoms with Gasteiger partial charge in [-0.2, -0.15) is 0 Å². The van der Waals surface area contributed by atoms with Crippen LogP contribution in [0, 0.1) is 10.1 Å². The Hall–Kier alpha value is -3.20. The van der Waals surface area contributed by atoms with Crippen molar-refractivity contribution in [2.24, 2.45) is 0 Å². The Balaban J connectivity index is 2.02. The summed E-state index contributed by atoms with van der Waals surface area (Å²) in [5.41, 5.74) is 0.152. The van der Waals surface area contributed by atoms with E-state index in [0.717, 1.165) is 12.1 Å². The summed E-state index contributed by atoms with van der Waals surface area (Å²) < 4.78 is 5.50. The number of carbonyl (C=O) groups is 1. The molecule has 136 valence electrons. The summed E-state index contributed by atoms with van der Waals surface area (Å²) >= 11 is 5.01. The molecule has 0 spiro atoms. The Morgan fingerprint density at radius 2 is 1.88 bits per heavy atom. The monoisotopic (exact) mass is 375 g/mol. The van der Waals surface area contributed by atoms with Crippen molar-refractivity contribution in [2.45, 2.75) is 20.0 Å². The van der Waals surface area contributed by atoms with Gasteiger partial charge >= 0.3 is 0 Å². The minimum absolute atomic E-state index is 0.0187. The lowest BCUT2D eigenvalue weighted by molar-refractivity contribution is -0.384. The normalized spacial score (nSPS) is 10.3. The lowest BCUT2D eigenvalue weighted by Gasteiger charge is -2.12. The van der Waals surface area contributed by atoms with Gasteiger partial charge < -0.3 is 15.2 Å². The third-order valence-corrected chi connectivity index (χ3v) is 3.36. The number of hydrogen-bond donors (Lipinski definition) is 3. The molecule has 8 nitrogen and oxygen atoms in total. The van der Waals surface area contributed by atoms with Gasteiger partial charge in [-0.25, -0.2) is 0 Å². The lowest BCUT2D eigenvalue weighted by Crippen LogP contribution is -2.34. The van der Waals surface area contributed by atoms with Crippen LogP contribution in [0.5, 0.6) is 11.5 Å². The predicted octanol–water partition coefficient (Wildman–Crippen LogP) is 3.21. The van der Waals surface area contributed by atoms with Crippen molar-refractivity contribution in [3.05, 3.63) is 58.1 Å². The molecule has 1 amide bonds. The van der Waals surface area contributed by atoms with Crippen LogP contribution in [-0.2, 0) is 0 Å². The van der Waals surface area contributed by atoms with Crippen LogP contribution >= 0.6 is 12.2 Å². The lowest BCUT2D eigenvalue weighted by atomic mass is 10.2. The summed E-state index contributed by atoms with van der Waals surface area (Å²) in [6.07, 6.45) is 0.0223. The van der Waals surface area contributed by atoms with E-state index >= 15 is 0 Å². The second kappa shape index (κ2) is 8.26. The smallest absolute Gasteiger partial charge is 0.271 e. The average Bonchev–Trinajstić information content (AvgIpc) is 2.56. The van der Waals surface area contributed by atoms with E-state index in [4.69, 9.17) is 17.0 Å². The Kier molecular flexibility index (Phi) is 6.07. The maximum Gasteiger partial charge on any atom is 0.271 e. The zero-order chi connectivity index (χ0) is 19.3. The summed E-state index contributed by atoms with van der Waals surface area (Å²) in [5, 5.41) is 25.4. The zero-order valence-electron chi connectivity index (χ0n) is 14.1. The van der Waals surface area contributed by atoms with Crippen LogP contribution in [0.15, 0.2) is 42.5 Å². The number of carbonyl (C=O) groups excluding carboxylic acids is 1. The molecule has 2 rings (SSSR count). The van der Waals surface area contributed by atoms with Crippen molar-refractivity contribution in [1.29, 1.82) is 0 Å². The molecule has 0 fully saturated rings. The molecule has 0 unspecified atom stereocenters. The van der Waals surface area contributed by atoms with Crippen LogP contribution in [0.3, 0.4) is 0 Å². The summed E-state index contributed by atoms with van der Waals surface area (Å²) in [5.74, 6) is -0.0651. The third-order valence-electron chi connectivity index (χ3n) is 3.15. The molecule has 2 aromatic carbocycles. The molecule has 0 radical (unpaired) electrons. The number of rotatable bonds is 5. The Morgan fingerprint density at radius 1 is 1.23 bits per heavy atom. The number of nitrogens with zero attached hydrogens (tertiary/aromatic N) is 1. The van der Waals surface area contributed by atoms with Crippen molar-refractivity contribution in [1.82, 2.24) is 5.32 Å². The zero-order valence-corrected chi connectivity index (χ0v) is 14.9. The van der Waals surface area contributed by atoms with Gasteiger partial charge in [-0.3, -0.25) is 20.2 Å². The number of aromatic hydroxyl groups is 1. The van der Waals surface area contributed by atoms with Crippen molar-refractivity contribution in [3.63, 3.8) is 0 Å². The van der Waals surface area contributed by atoms with Gasteiger partial charge in [0.1, 0.15) is 11.5 Å². The molecule has 0 saturated heterocycles. The maximum absolute atomic E-state index is 12.2. The van der Waals surface area contributed by atoms with Gasteiger partial charge in [0, 0.05) is 17.7 Å². The number of nitrogens with one attached hydrogen (secondary N) is 2. The Morgan fingerprint density at radius 3 is 2.46 bits per heavy atom. The van der Waals surface area contributed by atoms with Crippen molar-refractivity contribution in [3.8, 4) is 11.5 Å². The quantitative estimate of drug-likeness (QED) is 0.318. The van der Waals surface area contributed by atoms with Gasteiger partial charge in [-0.15, -0.1) is 0 Å². The van der Waals surface area contributed by atoms with E-state index in [-0.39, 0.29) is 28.3 Å². The van der Waals surface area contributed by atoms with E-state index in [1.807, 2.05) is 13.8 Å². The number of nitro groups is 1. The number of anilines is 1. The van der Waals surface area contributed by atoms with Crippen molar-refractivity contribution < 1.29 is 19.6 Å². The number of thiocarbonyl (C=S) groups is 1. The molecule has 9 heteroatoms. The summed E-state index contributed by atoms with van der Waals surface area (Å²) in [6, 6.07) is 9.93. The molecule has 0 saturated carbocycles. The van der Waals surface area contributed by atoms with Crippen LogP contribution in [0.4, 0.5) is 11.4 Å².